The average Bonchev–Trinajstić information content (AvgIpc) is 2.40. The first kappa shape index (κ1) is 15.4. The molecule has 21 heavy (non-hydrogen) atoms. The highest BCUT2D eigenvalue weighted by molar-refractivity contribution is 5.48. The molecule has 0 amide bonds. The molecular weight excluding hydrogens is 275 g/mol. The summed E-state index contributed by atoms with van der Waals surface area (Å²) < 4.78 is 39.4. The van der Waals surface area contributed by atoms with Gasteiger partial charge in [0.05, 0.1) is 0 Å². The maximum absolute atomic E-state index is 13.2. The molecule has 0 spiro atoms. The Labute approximate surface area is 122 Å². The molecule has 112 valence electrons. The van der Waals surface area contributed by atoms with Crippen molar-refractivity contribution in [2.24, 2.45) is 0 Å². The van der Waals surface area contributed by atoms with Gasteiger partial charge in [-0.25, -0.2) is 13.2 Å². The minimum Gasteiger partial charge on any atom is -0.378 e. The molecule has 0 aliphatic carbocycles. The fourth-order valence-electron chi connectivity index (χ4n) is 2.42. The molecule has 0 aromatic heterocycles. The van der Waals surface area contributed by atoms with E-state index in [0.29, 0.717) is 0 Å². The first-order valence-corrected chi connectivity index (χ1v) is 6.78. The molecule has 0 saturated heterocycles. The quantitative estimate of drug-likeness (QED) is 0.767. The van der Waals surface area contributed by atoms with Gasteiger partial charge in [0.2, 0.25) is 0 Å². The largest absolute Gasteiger partial charge is 0.378 e. The number of nitrogens with one attached hydrogen (secondary N) is 1. The van der Waals surface area contributed by atoms with Crippen LogP contribution in [0.4, 0.5) is 18.9 Å². The van der Waals surface area contributed by atoms with Crippen molar-refractivity contribution in [1.82, 2.24) is 0 Å². The van der Waals surface area contributed by atoms with Crippen LogP contribution in [0.15, 0.2) is 24.3 Å². The highest BCUT2D eigenvalue weighted by Gasteiger charge is 2.14. The van der Waals surface area contributed by atoms with Gasteiger partial charge in [0.1, 0.15) is 0 Å². The van der Waals surface area contributed by atoms with Gasteiger partial charge >= 0.3 is 0 Å². The molecule has 1 nitrogen and oxygen atoms in total. The van der Waals surface area contributed by atoms with Gasteiger partial charge in [-0.05, 0) is 49.9 Å². The minimum atomic E-state index is -1.45. The molecule has 0 saturated carbocycles. The first-order valence-electron chi connectivity index (χ1n) is 6.78. The summed E-state index contributed by atoms with van der Waals surface area (Å²) in [6.45, 7) is 7.94. The zero-order valence-electron chi connectivity index (χ0n) is 12.5. The second-order valence-electron chi connectivity index (χ2n) is 5.41. The van der Waals surface area contributed by atoms with Gasteiger partial charge < -0.3 is 5.32 Å². The van der Waals surface area contributed by atoms with E-state index in [4.69, 9.17) is 0 Å². The summed E-state index contributed by atoms with van der Waals surface area (Å²) in [6.07, 6.45) is 0. The lowest BCUT2D eigenvalue weighted by Gasteiger charge is -2.19. The predicted octanol–water partition coefficient (Wildman–Crippen LogP) is 5.20. The third-order valence-corrected chi connectivity index (χ3v) is 3.72. The predicted molar refractivity (Wildman–Crippen MR) is 79.0 cm³/mol. The lowest BCUT2D eigenvalue weighted by Crippen LogP contribution is -2.10. The summed E-state index contributed by atoms with van der Waals surface area (Å²) >= 11 is 0. The van der Waals surface area contributed by atoms with Crippen LogP contribution in [0.3, 0.4) is 0 Å². The van der Waals surface area contributed by atoms with Crippen LogP contribution in [0, 0.1) is 38.2 Å². The Morgan fingerprint density at radius 2 is 1.33 bits per heavy atom. The van der Waals surface area contributed by atoms with Crippen molar-refractivity contribution >= 4 is 5.69 Å². The highest BCUT2D eigenvalue weighted by Crippen LogP contribution is 2.26. The van der Waals surface area contributed by atoms with Crippen molar-refractivity contribution in [3.8, 4) is 0 Å². The molecular formula is C17H18F3N. The molecule has 0 heterocycles. The Bertz CT molecular complexity index is 657. The van der Waals surface area contributed by atoms with Crippen molar-refractivity contribution in [3.05, 3.63) is 64.0 Å². The van der Waals surface area contributed by atoms with Crippen LogP contribution in [0.2, 0.25) is 0 Å². The molecule has 1 unspecified atom stereocenters. The van der Waals surface area contributed by atoms with E-state index in [1.54, 1.807) is 0 Å². The van der Waals surface area contributed by atoms with Crippen molar-refractivity contribution in [2.45, 2.75) is 33.7 Å². The standard InChI is InChI=1S/C17H18F3N/c1-9-5-11(3)14(6-10(9)2)12(4)21-13-7-15(18)17(20)16(19)8-13/h5-8,12,21H,1-4H3. The minimum absolute atomic E-state index is 0.145. The summed E-state index contributed by atoms with van der Waals surface area (Å²) in [5.74, 6) is -3.83. The van der Waals surface area contributed by atoms with E-state index in [0.717, 1.165) is 28.8 Å². The fraction of sp³-hybridized carbons (Fsp3) is 0.294. The van der Waals surface area contributed by atoms with E-state index < -0.39 is 17.5 Å². The van der Waals surface area contributed by atoms with Crippen LogP contribution in [0.1, 0.15) is 35.2 Å². The third kappa shape index (κ3) is 3.20. The maximum atomic E-state index is 13.2. The number of rotatable bonds is 3. The molecule has 0 bridgehead atoms. The molecule has 0 aliphatic heterocycles. The number of hydrogen-bond acceptors (Lipinski definition) is 1. The normalized spacial score (nSPS) is 12.3. The van der Waals surface area contributed by atoms with Crippen molar-refractivity contribution in [2.75, 3.05) is 5.32 Å². The van der Waals surface area contributed by atoms with Crippen LogP contribution in [-0.2, 0) is 0 Å². The summed E-state index contributed by atoms with van der Waals surface area (Å²) in [4.78, 5) is 0. The number of anilines is 1. The van der Waals surface area contributed by atoms with Crippen molar-refractivity contribution in [3.63, 3.8) is 0 Å². The van der Waals surface area contributed by atoms with Crippen molar-refractivity contribution < 1.29 is 13.2 Å². The number of halogens is 3. The van der Waals surface area contributed by atoms with Gasteiger partial charge in [-0.2, -0.15) is 0 Å². The molecule has 0 fully saturated rings. The molecule has 2 aromatic rings. The summed E-state index contributed by atoms with van der Waals surface area (Å²) in [5, 5.41) is 3.01. The second-order valence-corrected chi connectivity index (χ2v) is 5.41. The molecule has 0 aliphatic rings. The Morgan fingerprint density at radius 1 is 0.810 bits per heavy atom. The van der Waals surface area contributed by atoms with Gasteiger partial charge in [-0.15, -0.1) is 0 Å². The van der Waals surface area contributed by atoms with E-state index >= 15 is 0 Å². The van der Waals surface area contributed by atoms with Crippen LogP contribution < -0.4 is 5.32 Å². The van der Waals surface area contributed by atoms with Gasteiger partial charge in [-0.3, -0.25) is 0 Å². The average molecular weight is 293 g/mol. The molecule has 1 atom stereocenters. The van der Waals surface area contributed by atoms with Crippen LogP contribution in [0.5, 0.6) is 0 Å². The SMILES string of the molecule is Cc1cc(C)c(C(C)Nc2cc(F)c(F)c(F)c2)cc1C. The highest BCUT2D eigenvalue weighted by atomic mass is 19.2. The molecule has 4 heteroatoms. The first-order chi connectivity index (χ1) is 9.79. The van der Waals surface area contributed by atoms with Crippen LogP contribution >= 0.6 is 0 Å². The lowest BCUT2D eigenvalue weighted by molar-refractivity contribution is 0.447. The second kappa shape index (κ2) is 5.80. The summed E-state index contributed by atoms with van der Waals surface area (Å²) in [7, 11) is 0. The number of hydrogen-bond donors (Lipinski definition) is 1. The Morgan fingerprint density at radius 3 is 1.90 bits per heavy atom. The molecule has 1 N–H and O–H groups in total. The zero-order valence-corrected chi connectivity index (χ0v) is 12.5. The Balaban J connectivity index is 2.30. The van der Waals surface area contributed by atoms with Gasteiger partial charge in [0.15, 0.2) is 17.5 Å². The summed E-state index contributed by atoms with van der Waals surface area (Å²) in [6, 6.07) is 5.91. The van der Waals surface area contributed by atoms with Gasteiger partial charge in [-0.1, -0.05) is 12.1 Å². The molecule has 2 rings (SSSR count). The molecule has 0 radical (unpaired) electrons. The zero-order chi connectivity index (χ0) is 15.7. The maximum Gasteiger partial charge on any atom is 0.194 e. The smallest absolute Gasteiger partial charge is 0.194 e. The van der Waals surface area contributed by atoms with Crippen LogP contribution in [-0.4, -0.2) is 0 Å². The molecule has 2 aromatic carbocycles. The van der Waals surface area contributed by atoms with Gasteiger partial charge in [0.25, 0.3) is 0 Å². The third-order valence-electron chi connectivity index (χ3n) is 3.72. The Kier molecular flexibility index (Phi) is 4.26. The summed E-state index contributed by atoms with van der Waals surface area (Å²) in [5.41, 5.74) is 4.71. The van der Waals surface area contributed by atoms with Crippen molar-refractivity contribution in [1.29, 1.82) is 0 Å². The monoisotopic (exact) mass is 293 g/mol. The lowest BCUT2D eigenvalue weighted by atomic mass is 9.96. The topological polar surface area (TPSA) is 12.0 Å². The van der Waals surface area contributed by atoms with E-state index in [1.807, 2.05) is 27.7 Å². The van der Waals surface area contributed by atoms with E-state index in [2.05, 4.69) is 17.4 Å². The van der Waals surface area contributed by atoms with Gasteiger partial charge in [0, 0.05) is 23.9 Å². The van der Waals surface area contributed by atoms with E-state index in [9.17, 15) is 13.2 Å². The Hall–Kier alpha value is -1.97. The number of aryl methyl sites for hydroxylation is 3. The number of benzene rings is 2. The van der Waals surface area contributed by atoms with E-state index in [-0.39, 0.29) is 11.7 Å². The fourth-order valence-corrected chi connectivity index (χ4v) is 2.42. The van der Waals surface area contributed by atoms with Crippen LogP contribution in [0.25, 0.3) is 0 Å². The van der Waals surface area contributed by atoms with E-state index in [1.165, 1.54) is 5.56 Å².